The topological polar surface area (TPSA) is 104 Å². The fourth-order valence-electron chi connectivity index (χ4n) is 3.05. The van der Waals surface area contributed by atoms with Crippen LogP contribution in [0, 0.1) is 0 Å². The summed E-state index contributed by atoms with van der Waals surface area (Å²) in [5.74, 6) is 1.27. The average Bonchev–Trinajstić information content (AvgIpc) is 3.40. The molecule has 1 aliphatic heterocycles. The van der Waals surface area contributed by atoms with E-state index in [1.165, 1.54) is 6.07 Å². The number of amides is 1. The predicted molar refractivity (Wildman–Crippen MR) is 102 cm³/mol. The molecule has 0 spiro atoms. The van der Waals surface area contributed by atoms with Gasteiger partial charge < -0.3 is 23.7 Å². The second-order valence-electron chi connectivity index (χ2n) is 6.40. The molecule has 0 fully saturated rings. The van der Waals surface area contributed by atoms with Crippen molar-refractivity contribution in [2.75, 3.05) is 6.79 Å². The monoisotopic (exact) mass is 390 g/mol. The second-order valence-corrected chi connectivity index (χ2v) is 6.40. The van der Waals surface area contributed by atoms with Gasteiger partial charge in [-0.2, -0.15) is 0 Å². The fraction of sp³-hybridized carbons (Fsp3) is 0.0952. The van der Waals surface area contributed by atoms with Crippen LogP contribution in [0.3, 0.4) is 0 Å². The summed E-state index contributed by atoms with van der Waals surface area (Å²) >= 11 is 0. The Hall–Kier alpha value is -4.07. The molecule has 144 valence electrons. The van der Waals surface area contributed by atoms with Gasteiger partial charge in [0.15, 0.2) is 28.4 Å². The zero-order valence-corrected chi connectivity index (χ0v) is 15.0. The van der Waals surface area contributed by atoms with Crippen LogP contribution < -0.4 is 20.2 Å². The SMILES string of the molecule is O=C(NCc1cc(-c2ccc3c(c2)OCO3)on1)c1cc(=O)c2ccccc2o1. The third kappa shape index (κ3) is 3.20. The third-order valence-corrected chi connectivity index (χ3v) is 4.50. The van der Waals surface area contributed by atoms with Gasteiger partial charge in [-0.05, 0) is 30.3 Å². The van der Waals surface area contributed by atoms with Crippen molar-refractivity contribution in [1.29, 1.82) is 0 Å². The summed E-state index contributed by atoms with van der Waals surface area (Å²) in [6, 6.07) is 15.1. The average molecular weight is 390 g/mol. The number of hydrogen-bond donors (Lipinski definition) is 1. The summed E-state index contributed by atoms with van der Waals surface area (Å²) in [6.07, 6.45) is 0. The lowest BCUT2D eigenvalue weighted by molar-refractivity contribution is 0.0923. The number of rotatable bonds is 4. The van der Waals surface area contributed by atoms with E-state index in [0.717, 1.165) is 5.56 Å². The number of nitrogens with one attached hydrogen (secondary N) is 1. The van der Waals surface area contributed by atoms with Crippen molar-refractivity contribution in [3.8, 4) is 22.8 Å². The van der Waals surface area contributed by atoms with E-state index >= 15 is 0 Å². The molecule has 29 heavy (non-hydrogen) atoms. The minimum Gasteiger partial charge on any atom is -0.454 e. The van der Waals surface area contributed by atoms with Crippen molar-refractivity contribution in [2.45, 2.75) is 6.54 Å². The highest BCUT2D eigenvalue weighted by atomic mass is 16.7. The first-order valence-electron chi connectivity index (χ1n) is 8.84. The molecule has 1 N–H and O–H groups in total. The molecule has 2 aromatic heterocycles. The molecule has 8 heteroatoms. The number of para-hydroxylation sites is 1. The highest BCUT2D eigenvalue weighted by Gasteiger charge is 2.17. The van der Waals surface area contributed by atoms with Crippen LogP contribution >= 0.6 is 0 Å². The van der Waals surface area contributed by atoms with Crippen molar-refractivity contribution >= 4 is 16.9 Å². The summed E-state index contributed by atoms with van der Waals surface area (Å²) < 4.78 is 21.5. The highest BCUT2D eigenvalue weighted by molar-refractivity contribution is 5.93. The number of nitrogens with zero attached hydrogens (tertiary/aromatic N) is 1. The first kappa shape index (κ1) is 17.1. The van der Waals surface area contributed by atoms with E-state index in [1.807, 2.05) is 6.07 Å². The Morgan fingerprint density at radius 3 is 2.83 bits per heavy atom. The molecule has 5 rings (SSSR count). The van der Waals surface area contributed by atoms with Crippen molar-refractivity contribution < 1.29 is 23.2 Å². The molecule has 0 bridgehead atoms. The number of ether oxygens (including phenoxy) is 2. The number of carbonyl (C=O) groups is 1. The van der Waals surface area contributed by atoms with Crippen LogP contribution in [-0.4, -0.2) is 17.9 Å². The molecule has 0 saturated heterocycles. The predicted octanol–water partition coefficient (Wildman–Crippen LogP) is 3.11. The number of hydrogen-bond acceptors (Lipinski definition) is 7. The van der Waals surface area contributed by atoms with Crippen LogP contribution in [0.1, 0.15) is 16.2 Å². The van der Waals surface area contributed by atoms with E-state index in [4.69, 9.17) is 18.4 Å². The van der Waals surface area contributed by atoms with Crippen molar-refractivity contribution in [3.05, 3.63) is 76.3 Å². The Labute approximate surface area is 163 Å². The summed E-state index contributed by atoms with van der Waals surface area (Å²) in [4.78, 5) is 24.5. The minimum absolute atomic E-state index is 0.0619. The van der Waals surface area contributed by atoms with Gasteiger partial charge in [-0.3, -0.25) is 9.59 Å². The van der Waals surface area contributed by atoms with E-state index < -0.39 is 5.91 Å². The van der Waals surface area contributed by atoms with E-state index in [-0.39, 0.29) is 24.5 Å². The molecule has 1 aliphatic rings. The van der Waals surface area contributed by atoms with Crippen molar-refractivity contribution in [3.63, 3.8) is 0 Å². The van der Waals surface area contributed by atoms with Gasteiger partial charge in [0.05, 0.1) is 11.9 Å². The number of fused-ring (bicyclic) bond motifs is 2. The minimum atomic E-state index is -0.513. The van der Waals surface area contributed by atoms with Crippen LogP contribution in [0.4, 0.5) is 0 Å². The standard InChI is InChI=1S/C21H14N2O6/c24-15-9-20(28-16-4-2-1-3-14(15)16)21(25)22-10-13-8-18(29-23-13)12-5-6-17-19(7-12)27-11-26-17/h1-9H,10-11H2,(H,22,25). The Morgan fingerprint density at radius 1 is 1.03 bits per heavy atom. The normalized spacial score (nSPS) is 12.3. The lowest BCUT2D eigenvalue weighted by Gasteiger charge is -2.03. The molecular formula is C21H14N2O6. The third-order valence-electron chi connectivity index (χ3n) is 4.50. The molecule has 4 aromatic rings. The molecule has 8 nitrogen and oxygen atoms in total. The second kappa shape index (κ2) is 6.83. The lowest BCUT2D eigenvalue weighted by Crippen LogP contribution is -2.24. The summed E-state index contributed by atoms with van der Waals surface area (Å²) in [5.41, 5.74) is 1.38. The smallest absolute Gasteiger partial charge is 0.287 e. The van der Waals surface area contributed by atoms with Gasteiger partial charge in [-0.1, -0.05) is 17.3 Å². The van der Waals surface area contributed by atoms with E-state index in [0.29, 0.717) is 33.9 Å². The summed E-state index contributed by atoms with van der Waals surface area (Å²) in [5, 5.41) is 7.06. The first-order chi connectivity index (χ1) is 14.2. The fourth-order valence-corrected chi connectivity index (χ4v) is 3.05. The molecular weight excluding hydrogens is 376 g/mol. The maximum absolute atomic E-state index is 12.4. The van der Waals surface area contributed by atoms with Crippen LogP contribution in [0.15, 0.2) is 68.3 Å². The quantitative estimate of drug-likeness (QED) is 0.571. The van der Waals surface area contributed by atoms with E-state index in [2.05, 4.69) is 10.5 Å². The maximum Gasteiger partial charge on any atom is 0.287 e. The Kier molecular flexibility index (Phi) is 4.02. The molecule has 0 aliphatic carbocycles. The van der Waals surface area contributed by atoms with E-state index in [9.17, 15) is 9.59 Å². The first-order valence-corrected chi connectivity index (χ1v) is 8.84. The molecule has 3 heterocycles. The molecule has 0 saturated carbocycles. The van der Waals surface area contributed by atoms with Gasteiger partial charge in [-0.25, -0.2) is 0 Å². The highest BCUT2D eigenvalue weighted by Crippen LogP contribution is 2.36. The van der Waals surface area contributed by atoms with Crippen LogP contribution in [0.25, 0.3) is 22.3 Å². The number of benzene rings is 2. The zero-order valence-electron chi connectivity index (χ0n) is 15.0. The maximum atomic E-state index is 12.4. The summed E-state index contributed by atoms with van der Waals surface area (Å²) in [6.45, 7) is 0.306. The van der Waals surface area contributed by atoms with Gasteiger partial charge in [0.25, 0.3) is 5.91 Å². The molecule has 0 atom stereocenters. The van der Waals surface area contributed by atoms with E-state index in [1.54, 1.807) is 42.5 Å². The van der Waals surface area contributed by atoms with Gasteiger partial charge in [0.2, 0.25) is 6.79 Å². The van der Waals surface area contributed by atoms with Gasteiger partial charge >= 0.3 is 0 Å². The van der Waals surface area contributed by atoms with Crippen molar-refractivity contribution in [2.24, 2.45) is 0 Å². The number of aromatic nitrogens is 1. The lowest BCUT2D eigenvalue weighted by atomic mass is 10.1. The molecule has 0 unspecified atom stereocenters. The zero-order chi connectivity index (χ0) is 19.8. The van der Waals surface area contributed by atoms with Crippen molar-refractivity contribution in [1.82, 2.24) is 10.5 Å². The largest absolute Gasteiger partial charge is 0.454 e. The Bertz CT molecular complexity index is 1290. The Morgan fingerprint density at radius 2 is 1.90 bits per heavy atom. The van der Waals surface area contributed by atoms with Crippen LogP contribution in [-0.2, 0) is 6.54 Å². The Balaban J connectivity index is 1.31. The number of carbonyl (C=O) groups excluding carboxylic acids is 1. The van der Waals surface area contributed by atoms with Gasteiger partial charge in [-0.15, -0.1) is 0 Å². The van der Waals surface area contributed by atoms with Crippen LogP contribution in [0.2, 0.25) is 0 Å². The molecule has 1 amide bonds. The van der Waals surface area contributed by atoms with Gasteiger partial charge in [0.1, 0.15) is 11.3 Å². The van der Waals surface area contributed by atoms with Gasteiger partial charge in [0, 0.05) is 17.7 Å². The molecule has 0 radical (unpaired) electrons. The molecule has 2 aromatic carbocycles. The van der Waals surface area contributed by atoms with Crippen LogP contribution in [0.5, 0.6) is 11.5 Å². The summed E-state index contributed by atoms with van der Waals surface area (Å²) in [7, 11) is 0.